The first kappa shape index (κ1) is 28.0. The molecule has 0 unspecified atom stereocenters. The summed E-state index contributed by atoms with van der Waals surface area (Å²) in [5.41, 5.74) is 1.64. The third kappa shape index (κ3) is 7.38. The van der Waals surface area contributed by atoms with Crippen molar-refractivity contribution in [1.82, 2.24) is 0 Å². The van der Waals surface area contributed by atoms with Gasteiger partial charge in [-0.2, -0.15) is 0 Å². The van der Waals surface area contributed by atoms with E-state index in [4.69, 9.17) is 3.97 Å². The molecule has 0 aromatic heterocycles. The summed E-state index contributed by atoms with van der Waals surface area (Å²) in [6, 6.07) is 17.1. The molecule has 2 aromatic carbocycles. The van der Waals surface area contributed by atoms with Crippen LogP contribution in [0.2, 0.25) is 0 Å². The summed E-state index contributed by atoms with van der Waals surface area (Å²) in [6.07, 6.45) is 12.1. The molecule has 0 spiro atoms. The van der Waals surface area contributed by atoms with Crippen LogP contribution in [-0.2, 0) is 14.1 Å². The van der Waals surface area contributed by atoms with E-state index in [1.165, 1.54) is 0 Å². The average Bonchev–Trinajstić information content (AvgIpc) is 2.84. The van der Waals surface area contributed by atoms with Gasteiger partial charge in [-0.3, -0.25) is 0 Å². The van der Waals surface area contributed by atoms with Crippen LogP contribution in [-0.4, -0.2) is 33.1 Å². The van der Waals surface area contributed by atoms with Crippen LogP contribution in [0.25, 0.3) is 11.1 Å². The number of rotatable bonds is 16. The Morgan fingerprint density at radius 1 is 0.636 bits per heavy atom. The molecule has 0 saturated carbocycles. The van der Waals surface area contributed by atoms with E-state index in [9.17, 15) is 8.42 Å². The second kappa shape index (κ2) is 13.0. The predicted octanol–water partition coefficient (Wildman–Crippen LogP) is 8.73. The predicted molar refractivity (Wildman–Crippen MR) is 146 cm³/mol. The summed E-state index contributed by atoms with van der Waals surface area (Å²) in [5.74, 6) is 0. The number of hydrogen-bond acceptors (Lipinski definition) is 3. The zero-order valence-electron chi connectivity index (χ0n) is 21.3. The maximum atomic E-state index is 14.1. The Hall–Kier alpha value is -1.22. The van der Waals surface area contributed by atoms with Gasteiger partial charge in [0, 0.05) is 0 Å². The summed E-state index contributed by atoms with van der Waals surface area (Å²) in [4.78, 5) is 0.311. The molecule has 0 bridgehead atoms. The molecule has 5 heteroatoms. The molecule has 186 valence electrons. The van der Waals surface area contributed by atoms with Crippen LogP contribution >= 0.6 is 6.83 Å². The van der Waals surface area contributed by atoms with Crippen molar-refractivity contribution in [3.8, 4) is 11.1 Å². The summed E-state index contributed by atoms with van der Waals surface area (Å²) >= 11 is 0. The van der Waals surface area contributed by atoms with Gasteiger partial charge < -0.3 is 0 Å². The quantitative estimate of drug-likeness (QED) is 0.220. The molecule has 2 rings (SSSR count). The van der Waals surface area contributed by atoms with Gasteiger partial charge in [0.25, 0.3) is 0 Å². The van der Waals surface area contributed by atoms with Crippen LogP contribution in [0.15, 0.2) is 59.5 Å². The zero-order chi connectivity index (χ0) is 24.2. The van der Waals surface area contributed by atoms with Crippen LogP contribution < -0.4 is 0 Å². The summed E-state index contributed by atoms with van der Waals surface area (Å²) in [7, 11) is -3.92. The normalized spacial score (nSPS) is 13.5. The average molecular weight is 493 g/mol. The second-order valence-electron chi connectivity index (χ2n) is 9.56. The van der Waals surface area contributed by atoms with Crippen molar-refractivity contribution in [2.24, 2.45) is 0 Å². The van der Waals surface area contributed by atoms with E-state index in [0.717, 1.165) is 87.1 Å². The molecule has 0 saturated heterocycles. The van der Waals surface area contributed by atoms with Crippen LogP contribution in [0, 0.1) is 0 Å². The fourth-order valence-electron chi connectivity index (χ4n) is 4.91. The van der Waals surface area contributed by atoms with Crippen LogP contribution in [0.1, 0.15) is 79.1 Å². The molecule has 0 radical (unpaired) electrons. The third-order valence-electron chi connectivity index (χ3n) is 6.86. The van der Waals surface area contributed by atoms with E-state index in [1.54, 1.807) is 6.07 Å². The molecule has 0 heterocycles. The molecule has 3 nitrogen and oxygen atoms in total. The molecule has 2 aromatic rings. The minimum atomic E-state index is -3.92. The summed E-state index contributed by atoms with van der Waals surface area (Å²) < 4.78 is 35.0. The first-order valence-corrected chi connectivity index (χ1v) is 17.3. The van der Waals surface area contributed by atoms with Crippen molar-refractivity contribution in [3.63, 3.8) is 0 Å². The topological polar surface area (TPSA) is 43.4 Å². The molecule has 0 amide bonds. The molecule has 0 fully saturated rings. The van der Waals surface area contributed by atoms with E-state index in [-0.39, 0.29) is 0 Å². The minimum absolute atomic E-state index is 0.311. The molecule has 33 heavy (non-hydrogen) atoms. The summed E-state index contributed by atoms with van der Waals surface area (Å²) in [5, 5.41) is 0. The van der Waals surface area contributed by atoms with Crippen LogP contribution in [0.3, 0.4) is 0 Å². The van der Waals surface area contributed by atoms with Crippen molar-refractivity contribution in [2.45, 2.75) is 84.0 Å². The molecular formula is C28H45O3PS. The molecule has 0 aliphatic carbocycles. The van der Waals surface area contributed by atoms with E-state index in [0.29, 0.717) is 4.90 Å². The van der Waals surface area contributed by atoms with Crippen molar-refractivity contribution in [2.75, 3.05) is 24.6 Å². The first-order chi connectivity index (χ1) is 15.9. The number of benzene rings is 2. The Labute approximate surface area is 203 Å². The number of unbranched alkanes of at least 4 members (excludes halogenated alkanes) is 4. The van der Waals surface area contributed by atoms with Gasteiger partial charge in [-0.05, 0) is 0 Å². The second-order valence-corrected chi connectivity index (χ2v) is 17.0. The SMILES string of the molecule is CCCCP(CCCC)(CCCC)(CCCC)OS(=O)(=O)c1ccccc1-c1ccccc1. The van der Waals surface area contributed by atoms with Gasteiger partial charge in [0.1, 0.15) is 0 Å². The van der Waals surface area contributed by atoms with Crippen molar-refractivity contribution in [3.05, 3.63) is 54.6 Å². The zero-order valence-corrected chi connectivity index (χ0v) is 23.0. The van der Waals surface area contributed by atoms with E-state index < -0.39 is 16.9 Å². The summed E-state index contributed by atoms with van der Waals surface area (Å²) in [6.45, 7) is 5.83. The van der Waals surface area contributed by atoms with E-state index >= 15 is 0 Å². The van der Waals surface area contributed by atoms with Gasteiger partial charge in [-0.15, -0.1) is 0 Å². The first-order valence-electron chi connectivity index (χ1n) is 13.0. The van der Waals surface area contributed by atoms with Gasteiger partial charge in [0.15, 0.2) is 0 Å². The fourth-order valence-corrected chi connectivity index (χ4v) is 15.2. The van der Waals surface area contributed by atoms with Crippen molar-refractivity contribution < 1.29 is 12.4 Å². The maximum absolute atomic E-state index is 14.1. The molecular weight excluding hydrogens is 447 g/mol. The number of hydrogen-bond donors (Lipinski definition) is 0. The Balaban J connectivity index is 2.64. The van der Waals surface area contributed by atoms with Crippen LogP contribution in [0.5, 0.6) is 0 Å². The molecule has 0 N–H and O–H groups in total. The van der Waals surface area contributed by atoms with E-state index in [1.807, 2.05) is 48.5 Å². The Morgan fingerprint density at radius 3 is 1.52 bits per heavy atom. The van der Waals surface area contributed by atoms with Gasteiger partial charge in [-0.25, -0.2) is 0 Å². The molecule has 0 atom stereocenters. The van der Waals surface area contributed by atoms with E-state index in [2.05, 4.69) is 27.7 Å². The fraction of sp³-hybridized carbons (Fsp3) is 0.571. The monoisotopic (exact) mass is 492 g/mol. The van der Waals surface area contributed by atoms with Crippen molar-refractivity contribution >= 4 is 16.9 Å². The van der Waals surface area contributed by atoms with Gasteiger partial charge in [-0.1, -0.05) is 0 Å². The van der Waals surface area contributed by atoms with Gasteiger partial charge in [0.05, 0.1) is 0 Å². The third-order valence-corrected chi connectivity index (χ3v) is 16.0. The standard InChI is InChI=1S/C28H45O3PS/c1-5-9-22-32(23-10-6-2,24-11-7-3,25-12-8-4)31-33(29,30)28-21-17-16-20-27(28)26-18-14-13-15-19-26/h13-21H,5-12,22-25H2,1-4H3. The Bertz CT molecular complexity index is 897. The Morgan fingerprint density at radius 2 is 1.06 bits per heavy atom. The molecule has 0 aliphatic rings. The van der Waals surface area contributed by atoms with Crippen molar-refractivity contribution in [1.29, 1.82) is 0 Å². The van der Waals surface area contributed by atoms with Gasteiger partial charge in [0.2, 0.25) is 0 Å². The Kier molecular flexibility index (Phi) is 11.1. The molecule has 0 aliphatic heterocycles. The van der Waals surface area contributed by atoms with Crippen LogP contribution in [0.4, 0.5) is 0 Å². The van der Waals surface area contributed by atoms with Gasteiger partial charge >= 0.3 is 204 Å².